The van der Waals surface area contributed by atoms with Gasteiger partial charge in [0.25, 0.3) is 5.91 Å². The summed E-state index contributed by atoms with van der Waals surface area (Å²) in [4.78, 5) is 39.0. The summed E-state index contributed by atoms with van der Waals surface area (Å²) < 4.78 is 43.9. The Balaban J connectivity index is 1.15. The topological polar surface area (TPSA) is 81.8 Å². The van der Waals surface area contributed by atoms with Crippen molar-refractivity contribution in [3.63, 3.8) is 0 Å². The molecule has 2 amide bonds. The van der Waals surface area contributed by atoms with Gasteiger partial charge in [-0.25, -0.2) is 9.78 Å². The number of likely N-dealkylation sites (tertiary alicyclic amines) is 1. The fourth-order valence-corrected chi connectivity index (χ4v) is 5.42. The summed E-state index contributed by atoms with van der Waals surface area (Å²) in [5, 5.41) is 0. The van der Waals surface area contributed by atoms with Crippen LogP contribution in [0.3, 0.4) is 0 Å². The first kappa shape index (κ1) is 28.9. The maximum Gasteiger partial charge on any atom is 0.416 e. The number of alkyl halides is 3. The van der Waals surface area contributed by atoms with Crippen LogP contribution >= 0.6 is 0 Å². The smallest absolute Gasteiger partial charge is 0.416 e. The molecule has 2 aliphatic heterocycles. The van der Waals surface area contributed by atoms with E-state index in [1.807, 2.05) is 32.9 Å². The number of halogens is 3. The molecule has 2 fully saturated rings. The number of ether oxygens (including phenoxy) is 1. The average Bonchev–Trinajstić information content (AvgIpc) is 3.36. The zero-order chi connectivity index (χ0) is 29.4. The highest BCUT2D eigenvalue weighted by molar-refractivity contribution is 5.94. The Morgan fingerprint density at radius 1 is 0.927 bits per heavy atom. The van der Waals surface area contributed by atoms with Crippen molar-refractivity contribution in [3.8, 4) is 0 Å². The van der Waals surface area contributed by atoms with Gasteiger partial charge in [-0.3, -0.25) is 9.69 Å². The van der Waals surface area contributed by atoms with E-state index in [0.717, 1.165) is 47.1 Å². The standard InChI is InChI=1S/C30H36F3N5O3/c1-29(2,3)41-28(40)38-12-10-21(11-13-38)22-6-9-24-25(18-22)35-26(34-24)27(39)37-16-14-36(15-17-37)19-20-4-7-23(8-5-20)30(31,32)33/h4-9,18,21H,10-17,19H2,1-3H3,(H,34,35). The number of nitrogens with zero attached hydrogens (tertiary/aromatic N) is 4. The first-order valence-corrected chi connectivity index (χ1v) is 14.0. The van der Waals surface area contributed by atoms with Crippen molar-refractivity contribution in [2.45, 2.75) is 57.9 Å². The fraction of sp³-hybridized carbons (Fsp3) is 0.500. The third-order valence-corrected chi connectivity index (χ3v) is 7.67. The molecule has 0 spiro atoms. The number of carbonyl (C=O) groups excluding carboxylic acids is 2. The lowest BCUT2D eigenvalue weighted by Crippen LogP contribution is -2.48. The van der Waals surface area contributed by atoms with Gasteiger partial charge in [-0.05, 0) is 74.9 Å². The first-order chi connectivity index (χ1) is 19.4. The Morgan fingerprint density at radius 2 is 1.59 bits per heavy atom. The van der Waals surface area contributed by atoms with E-state index in [1.165, 1.54) is 12.1 Å². The van der Waals surface area contributed by atoms with Crippen LogP contribution in [0.1, 0.15) is 66.8 Å². The molecule has 0 radical (unpaired) electrons. The van der Waals surface area contributed by atoms with Crippen LogP contribution in [0.5, 0.6) is 0 Å². The number of piperidine rings is 1. The number of piperazine rings is 1. The second-order valence-corrected chi connectivity index (χ2v) is 11.9. The highest BCUT2D eigenvalue weighted by atomic mass is 19.4. The highest BCUT2D eigenvalue weighted by Crippen LogP contribution is 2.31. The van der Waals surface area contributed by atoms with Gasteiger partial charge in [0.15, 0.2) is 5.82 Å². The summed E-state index contributed by atoms with van der Waals surface area (Å²) in [5.41, 5.74) is 2.31. The van der Waals surface area contributed by atoms with E-state index in [0.29, 0.717) is 57.6 Å². The molecule has 2 aliphatic rings. The number of hydrogen-bond acceptors (Lipinski definition) is 5. The summed E-state index contributed by atoms with van der Waals surface area (Å²) in [6.45, 7) is 9.66. The Bertz CT molecular complexity index is 1380. The lowest BCUT2D eigenvalue weighted by atomic mass is 9.89. The summed E-state index contributed by atoms with van der Waals surface area (Å²) in [5.74, 6) is 0.433. The first-order valence-electron chi connectivity index (χ1n) is 14.0. The minimum atomic E-state index is -4.34. The minimum Gasteiger partial charge on any atom is -0.444 e. The summed E-state index contributed by atoms with van der Waals surface area (Å²) in [6.07, 6.45) is -2.96. The van der Waals surface area contributed by atoms with Crippen LogP contribution in [0.2, 0.25) is 0 Å². The Hall–Kier alpha value is -3.60. The minimum absolute atomic E-state index is 0.164. The zero-order valence-corrected chi connectivity index (χ0v) is 23.6. The number of hydrogen-bond donors (Lipinski definition) is 1. The molecule has 0 bridgehead atoms. The molecule has 1 aromatic heterocycles. The highest BCUT2D eigenvalue weighted by Gasteiger charge is 2.31. The Labute approximate surface area is 237 Å². The van der Waals surface area contributed by atoms with Crippen molar-refractivity contribution in [2.75, 3.05) is 39.3 Å². The second kappa shape index (κ2) is 11.3. The molecule has 1 N–H and O–H groups in total. The van der Waals surface area contributed by atoms with Gasteiger partial charge in [0.2, 0.25) is 0 Å². The molecule has 0 saturated carbocycles. The number of benzene rings is 2. The number of rotatable bonds is 4. The summed E-state index contributed by atoms with van der Waals surface area (Å²) in [7, 11) is 0. The van der Waals surface area contributed by atoms with Gasteiger partial charge >= 0.3 is 12.3 Å². The van der Waals surface area contributed by atoms with Gasteiger partial charge < -0.3 is 19.5 Å². The van der Waals surface area contributed by atoms with Crippen LogP contribution in [-0.4, -0.2) is 81.5 Å². The Morgan fingerprint density at radius 3 is 2.20 bits per heavy atom. The van der Waals surface area contributed by atoms with Crippen molar-refractivity contribution in [1.82, 2.24) is 24.7 Å². The molecular weight excluding hydrogens is 535 g/mol. The molecule has 2 saturated heterocycles. The molecule has 3 heterocycles. The number of aromatic amines is 1. The van der Waals surface area contributed by atoms with Gasteiger partial charge in [0.1, 0.15) is 5.60 Å². The zero-order valence-electron chi connectivity index (χ0n) is 23.6. The van der Waals surface area contributed by atoms with Gasteiger partial charge in [-0.2, -0.15) is 13.2 Å². The van der Waals surface area contributed by atoms with Gasteiger partial charge in [-0.15, -0.1) is 0 Å². The van der Waals surface area contributed by atoms with E-state index in [2.05, 4.69) is 20.9 Å². The largest absolute Gasteiger partial charge is 0.444 e. The quantitative estimate of drug-likeness (QED) is 0.438. The number of nitrogens with one attached hydrogen (secondary N) is 1. The van der Waals surface area contributed by atoms with Crippen LogP contribution < -0.4 is 0 Å². The second-order valence-electron chi connectivity index (χ2n) is 11.9. The normalized spacial score (nSPS) is 17.7. The molecular formula is C30H36F3N5O3. The molecule has 0 aliphatic carbocycles. The van der Waals surface area contributed by atoms with Gasteiger partial charge in [-0.1, -0.05) is 18.2 Å². The summed E-state index contributed by atoms with van der Waals surface area (Å²) >= 11 is 0. The lowest BCUT2D eigenvalue weighted by molar-refractivity contribution is -0.137. The molecule has 11 heteroatoms. The van der Waals surface area contributed by atoms with Crippen LogP contribution in [-0.2, 0) is 17.5 Å². The third kappa shape index (κ3) is 7.01. The van der Waals surface area contributed by atoms with E-state index in [9.17, 15) is 22.8 Å². The number of carbonyl (C=O) groups is 2. The van der Waals surface area contributed by atoms with Crippen molar-refractivity contribution < 1.29 is 27.5 Å². The SMILES string of the molecule is CC(C)(C)OC(=O)N1CCC(c2ccc3[nH]c(C(=O)N4CCN(Cc5ccc(C(F)(F)F)cc5)CC4)nc3c2)CC1. The molecule has 3 aromatic rings. The number of H-pyrrole nitrogens is 1. The number of amides is 2. The maximum atomic E-state index is 13.2. The third-order valence-electron chi connectivity index (χ3n) is 7.67. The molecule has 41 heavy (non-hydrogen) atoms. The molecule has 0 atom stereocenters. The number of aromatic nitrogens is 2. The van der Waals surface area contributed by atoms with E-state index >= 15 is 0 Å². The van der Waals surface area contributed by atoms with Gasteiger partial charge in [0, 0.05) is 45.8 Å². The van der Waals surface area contributed by atoms with Crippen molar-refractivity contribution in [3.05, 3.63) is 65.0 Å². The molecule has 0 unspecified atom stereocenters. The van der Waals surface area contributed by atoms with Crippen LogP contribution in [0.4, 0.5) is 18.0 Å². The van der Waals surface area contributed by atoms with E-state index in [1.54, 1.807) is 9.80 Å². The van der Waals surface area contributed by atoms with E-state index in [-0.39, 0.29) is 12.0 Å². The maximum absolute atomic E-state index is 13.2. The van der Waals surface area contributed by atoms with E-state index in [4.69, 9.17) is 4.74 Å². The molecule has 8 nitrogen and oxygen atoms in total. The molecule has 2 aromatic carbocycles. The van der Waals surface area contributed by atoms with Crippen LogP contribution in [0.15, 0.2) is 42.5 Å². The predicted octanol–water partition coefficient (Wildman–Crippen LogP) is 5.65. The Kier molecular flexibility index (Phi) is 8.00. The summed E-state index contributed by atoms with van der Waals surface area (Å²) in [6, 6.07) is 11.3. The number of imidazole rings is 1. The predicted molar refractivity (Wildman–Crippen MR) is 149 cm³/mol. The van der Waals surface area contributed by atoms with Crippen molar-refractivity contribution in [2.24, 2.45) is 0 Å². The lowest BCUT2D eigenvalue weighted by Gasteiger charge is -2.34. The fourth-order valence-electron chi connectivity index (χ4n) is 5.42. The van der Waals surface area contributed by atoms with E-state index < -0.39 is 17.3 Å². The monoisotopic (exact) mass is 571 g/mol. The average molecular weight is 572 g/mol. The van der Waals surface area contributed by atoms with Crippen molar-refractivity contribution >= 4 is 23.0 Å². The molecule has 220 valence electrons. The molecule has 5 rings (SSSR count). The van der Waals surface area contributed by atoms with Gasteiger partial charge in [0.05, 0.1) is 16.6 Å². The van der Waals surface area contributed by atoms with Crippen LogP contribution in [0, 0.1) is 0 Å². The number of fused-ring (bicyclic) bond motifs is 1. The van der Waals surface area contributed by atoms with Crippen molar-refractivity contribution in [1.29, 1.82) is 0 Å². The van der Waals surface area contributed by atoms with Crippen LogP contribution in [0.25, 0.3) is 11.0 Å².